The summed E-state index contributed by atoms with van der Waals surface area (Å²) >= 11 is 0. The molecule has 0 aliphatic heterocycles. The van der Waals surface area contributed by atoms with Crippen molar-refractivity contribution >= 4 is 5.91 Å². The Bertz CT molecular complexity index is 302. The van der Waals surface area contributed by atoms with E-state index in [0.717, 1.165) is 38.5 Å². The monoisotopic (exact) mass is 325 g/mol. The van der Waals surface area contributed by atoms with E-state index in [1.807, 2.05) is 0 Å². The van der Waals surface area contributed by atoms with Crippen LogP contribution in [0.15, 0.2) is 12.2 Å². The number of allylic oxidation sites excluding steroid dienone is 2. The third-order valence-electron chi connectivity index (χ3n) is 4.62. The number of nitrogens with two attached hydrogens (primary N) is 1. The minimum Gasteiger partial charge on any atom is -0.396 e. The molecule has 136 valence electrons. The van der Waals surface area contributed by atoms with E-state index in [4.69, 9.17) is 5.73 Å². The molecule has 0 aliphatic carbocycles. The molecular formula is C20H39NO2. The van der Waals surface area contributed by atoms with Crippen molar-refractivity contribution < 1.29 is 9.90 Å². The first-order valence-corrected chi connectivity index (χ1v) is 9.72. The molecule has 0 aliphatic rings. The van der Waals surface area contributed by atoms with Crippen molar-refractivity contribution in [1.29, 1.82) is 0 Å². The molecule has 0 rings (SSSR count). The van der Waals surface area contributed by atoms with Gasteiger partial charge in [-0.25, -0.2) is 0 Å². The number of carbonyl (C=O) groups excluding carboxylic acids is 1. The number of amides is 1. The lowest BCUT2D eigenvalue weighted by Crippen LogP contribution is -2.32. The van der Waals surface area contributed by atoms with E-state index >= 15 is 0 Å². The molecule has 0 aromatic rings. The average Bonchev–Trinajstić information content (AvgIpc) is 2.54. The van der Waals surface area contributed by atoms with Crippen LogP contribution in [0, 0.1) is 11.8 Å². The van der Waals surface area contributed by atoms with Gasteiger partial charge in [0.05, 0.1) is 0 Å². The van der Waals surface area contributed by atoms with Crippen molar-refractivity contribution in [2.24, 2.45) is 17.6 Å². The van der Waals surface area contributed by atoms with Gasteiger partial charge in [0.1, 0.15) is 0 Å². The second-order valence-electron chi connectivity index (χ2n) is 6.70. The van der Waals surface area contributed by atoms with E-state index < -0.39 is 0 Å². The SMILES string of the molecule is CCCC/C=C/CCCCCCC(C(N)=O)C(CO)CCCC. The lowest BCUT2D eigenvalue weighted by molar-refractivity contribution is -0.124. The topological polar surface area (TPSA) is 63.3 Å². The van der Waals surface area contributed by atoms with Crippen LogP contribution < -0.4 is 5.73 Å². The summed E-state index contributed by atoms with van der Waals surface area (Å²) < 4.78 is 0. The molecule has 0 bridgehead atoms. The van der Waals surface area contributed by atoms with Gasteiger partial charge in [0.15, 0.2) is 0 Å². The highest BCUT2D eigenvalue weighted by Crippen LogP contribution is 2.24. The molecule has 0 heterocycles. The van der Waals surface area contributed by atoms with E-state index in [9.17, 15) is 9.90 Å². The lowest BCUT2D eigenvalue weighted by atomic mass is 9.84. The lowest BCUT2D eigenvalue weighted by Gasteiger charge is -2.22. The van der Waals surface area contributed by atoms with Gasteiger partial charge in [0, 0.05) is 12.5 Å². The quantitative estimate of drug-likeness (QED) is 0.311. The third-order valence-corrected chi connectivity index (χ3v) is 4.62. The highest BCUT2D eigenvalue weighted by atomic mass is 16.3. The van der Waals surface area contributed by atoms with E-state index in [2.05, 4.69) is 26.0 Å². The number of unbranched alkanes of at least 4 members (excludes halogenated alkanes) is 7. The molecule has 0 aromatic carbocycles. The third kappa shape index (κ3) is 12.3. The van der Waals surface area contributed by atoms with E-state index in [0.29, 0.717) is 0 Å². The fraction of sp³-hybridized carbons (Fsp3) is 0.850. The Morgan fingerprint density at radius 2 is 1.52 bits per heavy atom. The first kappa shape index (κ1) is 22.2. The predicted octanol–water partition coefficient (Wildman–Crippen LogP) is 4.97. The largest absolute Gasteiger partial charge is 0.396 e. The Labute approximate surface area is 143 Å². The van der Waals surface area contributed by atoms with Crippen molar-refractivity contribution in [3.63, 3.8) is 0 Å². The van der Waals surface area contributed by atoms with Gasteiger partial charge in [0.2, 0.25) is 5.91 Å². The van der Waals surface area contributed by atoms with Crippen LogP contribution in [-0.2, 0) is 4.79 Å². The van der Waals surface area contributed by atoms with Crippen LogP contribution >= 0.6 is 0 Å². The number of hydrogen-bond acceptors (Lipinski definition) is 2. The first-order valence-electron chi connectivity index (χ1n) is 9.72. The Hall–Kier alpha value is -0.830. The minimum atomic E-state index is -0.237. The summed E-state index contributed by atoms with van der Waals surface area (Å²) in [6.07, 6.45) is 18.0. The van der Waals surface area contributed by atoms with Crippen molar-refractivity contribution in [3.05, 3.63) is 12.2 Å². The number of aliphatic hydroxyl groups is 1. The Kier molecular flexibility index (Phi) is 15.5. The Balaban J connectivity index is 3.83. The standard InChI is InChI=1S/C20H39NO2/c1-3-5-7-8-9-10-11-12-13-14-16-19(20(21)23)18(17-22)15-6-4-2/h8-9,18-19,22H,3-7,10-17H2,1-2H3,(H2,21,23)/b9-8+. The molecule has 23 heavy (non-hydrogen) atoms. The van der Waals surface area contributed by atoms with Gasteiger partial charge in [-0.05, 0) is 38.0 Å². The fourth-order valence-electron chi connectivity index (χ4n) is 3.03. The predicted molar refractivity (Wildman–Crippen MR) is 99.2 cm³/mol. The van der Waals surface area contributed by atoms with Gasteiger partial charge in [0.25, 0.3) is 0 Å². The van der Waals surface area contributed by atoms with E-state index in [1.54, 1.807) is 0 Å². The minimum absolute atomic E-state index is 0.0500. The Morgan fingerprint density at radius 3 is 2.09 bits per heavy atom. The summed E-state index contributed by atoms with van der Waals surface area (Å²) in [6.45, 7) is 4.43. The molecule has 0 saturated heterocycles. The van der Waals surface area contributed by atoms with E-state index in [-0.39, 0.29) is 24.3 Å². The van der Waals surface area contributed by atoms with Crippen LogP contribution in [0.25, 0.3) is 0 Å². The number of hydrogen-bond donors (Lipinski definition) is 2. The molecule has 0 aromatic heterocycles. The van der Waals surface area contributed by atoms with Crippen LogP contribution in [-0.4, -0.2) is 17.6 Å². The molecule has 0 spiro atoms. The summed E-state index contributed by atoms with van der Waals surface area (Å²) in [5.74, 6) is -0.339. The van der Waals surface area contributed by atoms with Gasteiger partial charge in [-0.2, -0.15) is 0 Å². The highest BCUT2D eigenvalue weighted by molar-refractivity contribution is 5.76. The molecule has 1 amide bonds. The molecule has 3 nitrogen and oxygen atoms in total. The fourth-order valence-corrected chi connectivity index (χ4v) is 3.03. The second kappa shape index (κ2) is 16.0. The van der Waals surface area contributed by atoms with Crippen molar-refractivity contribution in [2.45, 2.75) is 90.9 Å². The molecule has 0 radical (unpaired) electrons. The van der Waals surface area contributed by atoms with Gasteiger partial charge in [-0.3, -0.25) is 4.79 Å². The van der Waals surface area contributed by atoms with Gasteiger partial charge in [-0.15, -0.1) is 0 Å². The molecule has 2 atom stereocenters. The molecule has 3 N–H and O–H groups in total. The van der Waals surface area contributed by atoms with Crippen LogP contribution in [0.4, 0.5) is 0 Å². The molecule has 0 saturated carbocycles. The van der Waals surface area contributed by atoms with Crippen LogP contribution in [0.5, 0.6) is 0 Å². The molecule has 2 unspecified atom stereocenters. The Morgan fingerprint density at radius 1 is 0.913 bits per heavy atom. The number of primary amides is 1. The van der Waals surface area contributed by atoms with Crippen molar-refractivity contribution in [1.82, 2.24) is 0 Å². The first-order chi connectivity index (χ1) is 11.2. The second-order valence-corrected chi connectivity index (χ2v) is 6.70. The maximum Gasteiger partial charge on any atom is 0.220 e. The van der Waals surface area contributed by atoms with Crippen LogP contribution in [0.3, 0.4) is 0 Å². The summed E-state index contributed by atoms with van der Waals surface area (Å²) in [6, 6.07) is 0. The maximum atomic E-state index is 11.7. The highest BCUT2D eigenvalue weighted by Gasteiger charge is 2.24. The van der Waals surface area contributed by atoms with Crippen LogP contribution in [0.2, 0.25) is 0 Å². The van der Waals surface area contributed by atoms with E-state index in [1.165, 1.54) is 38.5 Å². The van der Waals surface area contributed by atoms with Crippen LogP contribution in [0.1, 0.15) is 90.9 Å². The number of rotatable bonds is 16. The zero-order valence-corrected chi connectivity index (χ0v) is 15.4. The molecule has 0 fully saturated rings. The normalized spacial score (nSPS) is 14.2. The number of carbonyl (C=O) groups is 1. The number of aliphatic hydroxyl groups excluding tert-OH is 1. The van der Waals surface area contributed by atoms with Crippen molar-refractivity contribution in [3.8, 4) is 0 Å². The smallest absolute Gasteiger partial charge is 0.220 e. The summed E-state index contributed by atoms with van der Waals surface area (Å²) in [7, 11) is 0. The van der Waals surface area contributed by atoms with Crippen molar-refractivity contribution in [2.75, 3.05) is 6.61 Å². The summed E-state index contributed by atoms with van der Waals surface area (Å²) in [5, 5.41) is 9.52. The van der Waals surface area contributed by atoms with Gasteiger partial charge < -0.3 is 10.8 Å². The maximum absolute atomic E-state index is 11.7. The average molecular weight is 326 g/mol. The van der Waals surface area contributed by atoms with Gasteiger partial charge in [-0.1, -0.05) is 70.9 Å². The summed E-state index contributed by atoms with van der Waals surface area (Å²) in [5.41, 5.74) is 5.55. The summed E-state index contributed by atoms with van der Waals surface area (Å²) in [4.78, 5) is 11.7. The molecular weight excluding hydrogens is 286 g/mol. The zero-order valence-electron chi connectivity index (χ0n) is 15.4. The zero-order chi connectivity index (χ0) is 17.3. The molecule has 3 heteroatoms. The van der Waals surface area contributed by atoms with Gasteiger partial charge >= 0.3 is 0 Å².